The molecule has 0 heterocycles. The van der Waals surface area contributed by atoms with E-state index in [4.69, 9.17) is 18.9 Å². The molecule has 0 aliphatic rings. The quantitative estimate of drug-likeness (QED) is 0.175. The van der Waals surface area contributed by atoms with E-state index >= 15 is 0 Å². The van der Waals surface area contributed by atoms with Gasteiger partial charge in [-0.3, -0.25) is 14.4 Å². The van der Waals surface area contributed by atoms with Crippen LogP contribution in [-0.4, -0.2) is 31.1 Å². The maximum absolute atomic E-state index is 12.4. The maximum atomic E-state index is 12.4. The van der Waals surface area contributed by atoms with Crippen LogP contribution in [0.3, 0.4) is 0 Å². The Morgan fingerprint density at radius 3 is 1.74 bits per heavy atom. The molecule has 0 fully saturated rings. The summed E-state index contributed by atoms with van der Waals surface area (Å²) in [4.78, 5) is 34.9. The molecule has 0 saturated carbocycles. The van der Waals surface area contributed by atoms with Crippen molar-refractivity contribution in [1.82, 2.24) is 0 Å². The molecular weight excluding hydrogens is 436 g/mol. The third-order valence-electron chi connectivity index (χ3n) is 5.37. The van der Waals surface area contributed by atoms with Gasteiger partial charge < -0.3 is 18.9 Å². The van der Waals surface area contributed by atoms with Crippen LogP contribution in [0, 0.1) is 0 Å². The van der Waals surface area contributed by atoms with Crippen LogP contribution in [0.5, 0.6) is 11.5 Å². The van der Waals surface area contributed by atoms with Crippen molar-refractivity contribution in [3.63, 3.8) is 0 Å². The third kappa shape index (κ3) is 8.39. The van der Waals surface area contributed by atoms with Crippen LogP contribution in [0.15, 0.2) is 61.4 Å². The van der Waals surface area contributed by atoms with E-state index in [1.54, 1.807) is 24.3 Å². The first-order valence-electron chi connectivity index (χ1n) is 11.2. The summed E-state index contributed by atoms with van der Waals surface area (Å²) in [5.74, 6) is -0.165. The molecule has 2 aromatic carbocycles. The van der Waals surface area contributed by atoms with Crippen LogP contribution in [0.25, 0.3) is 0 Å². The highest BCUT2D eigenvalue weighted by atomic mass is 16.5. The van der Waals surface area contributed by atoms with Gasteiger partial charge in [0.2, 0.25) is 0 Å². The first-order chi connectivity index (χ1) is 16.2. The number of hydrogen-bond donors (Lipinski definition) is 0. The summed E-state index contributed by atoms with van der Waals surface area (Å²) in [6, 6.07) is 14.4. The molecule has 0 radical (unpaired) electrons. The fourth-order valence-electron chi connectivity index (χ4n) is 3.55. The van der Waals surface area contributed by atoms with E-state index in [-0.39, 0.29) is 12.4 Å². The van der Waals surface area contributed by atoms with Gasteiger partial charge in [-0.05, 0) is 54.7 Å². The van der Waals surface area contributed by atoms with E-state index in [1.165, 1.54) is 20.1 Å². The van der Waals surface area contributed by atoms with Crippen molar-refractivity contribution >= 4 is 17.9 Å². The Kier molecular flexibility index (Phi) is 10.3. The van der Waals surface area contributed by atoms with Crippen molar-refractivity contribution in [2.24, 2.45) is 0 Å². The third-order valence-corrected chi connectivity index (χ3v) is 5.37. The molecule has 182 valence electrons. The minimum absolute atomic E-state index is 0.219. The molecule has 0 aliphatic heterocycles. The molecule has 0 bridgehead atoms. The van der Waals surface area contributed by atoms with Crippen LogP contribution in [0.2, 0.25) is 0 Å². The largest absolute Gasteiger partial charge is 0.502 e. The Morgan fingerprint density at radius 2 is 1.29 bits per heavy atom. The van der Waals surface area contributed by atoms with Crippen molar-refractivity contribution < 1.29 is 33.3 Å². The van der Waals surface area contributed by atoms with Gasteiger partial charge in [0, 0.05) is 25.7 Å². The molecule has 0 N–H and O–H groups in total. The van der Waals surface area contributed by atoms with Gasteiger partial charge in [-0.2, -0.15) is 0 Å². The van der Waals surface area contributed by atoms with E-state index in [0.29, 0.717) is 37.6 Å². The second-order valence-corrected chi connectivity index (χ2v) is 8.03. The molecule has 34 heavy (non-hydrogen) atoms. The van der Waals surface area contributed by atoms with E-state index in [9.17, 15) is 14.4 Å². The number of benzene rings is 2. The average Bonchev–Trinajstić information content (AvgIpc) is 2.80. The number of esters is 3. The second kappa shape index (κ2) is 13.2. The molecule has 0 atom stereocenters. The molecule has 2 aromatic rings. The fraction of sp³-hybridized carbons (Fsp3) is 0.370. The van der Waals surface area contributed by atoms with E-state index < -0.39 is 17.4 Å². The van der Waals surface area contributed by atoms with Gasteiger partial charge in [-0.15, -0.1) is 0 Å². The van der Waals surface area contributed by atoms with Gasteiger partial charge in [0.05, 0.1) is 19.5 Å². The normalized spacial score (nSPS) is 10.8. The van der Waals surface area contributed by atoms with E-state index in [1.807, 2.05) is 31.2 Å². The zero-order valence-corrected chi connectivity index (χ0v) is 20.0. The van der Waals surface area contributed by atoms with Crippen molar-refractivity contribution in [2.45, 2.75) is 51.9 Å². The zero-order valence-electron chi connectivity index (χ0n) is 20.0. The lowest BCUT2D eigenvalue weighted by Gasteiger charge is -2.31. The van der Waals surface area contributed by atoms with Crippen molar-refractivity contribution in [3.05, 3.63) is 72.5 Å². The Bertz CT molecular complexity index is 902. The van der Waals surface area contributed by atoms with Gasteiger partial charge in [0.15, 0.2) is 0 Å². The number of carbonyl (C=O) groups is 3. The minimum atomic E-state index is -0.541. The van der Waals surface area contributed by atoms with Gasteiger partial charge in [0.25, 0.3) is 0 Å². The SMILES string of the molecule is C=COCCCCOC(=O)CCC(C)(c1ccc(OC(C)=O)cc1)c1ccc(OC(C)=O)cc1. The number of carbonyl (C=O) groups excluding carboxylic acids is 3. The van der Waals surface area contributed by atoms with Crippen molar-refractivity contribution in [3.8, 4) is 11.5 Å². The first-order valence-corrected chi connectivity index (χ1v) is 11.2. The molecule has 2 rings (SSSR count). The monoisotopic (exact) mass is 468 g/mol. The lowest BCUT2D eigenvalue weighted by atomic mass is 9.73. The standard InChI is InChI=1S/C27H32O7/c1-5-31-18-6-7-19-32-26(30)16-17-27(4,22-8-12-24(13-9-22)33-20(2)28)23-10-14-25(15-11-23)34-21(3)29/h5,8-15H,1,6-7,16-19H2,2-4H3. The number of ether oxygens (including phenoxy) is 4. The molecule has 0 unspecified atom stereocenters. The maximum Gasteiger partial charge on any atom is 0.308 e. The predicted molar refractivity (Wildman–Crippen MR) is 128 cm³/mol. The average molecular weight is 469 g/mol. The molecule has 7 nitrogen and oxygen atoms in total. The summed E-state index contributed by atoms with van der Waals surface area (Å²) >= 11 is 0. The fourth-order valence-corrected chi connectivity index (χ4v) is 3.55. The molecule has 0 saturated heterocycles. The Balaban J connectivity index is 2.15. The van der Waals surface area contributed by atoms with Gasteiger partial charge in [-0.1, -0.05) is 37.8 Å². The molecule has 0 aromatic heterocycles. The Hall–Kier alpha value is -3.61. The van der Waals surface area contributed by atoms with Crippen LogP contribution in [-0.2, 0) is 29.3 Å². The van der Waals surface area contributed by atoms with Crippen molar-refractivity contribution in [2.75, 3.05) is 13.2 Å². The van der Waals surface area contributed by atoms with Crippen molar-refractivity contribution in [1.29, 1.82) is 0 Å². The number of rotatable bonds is 13. The summed E-state index contributed by atoms with van der Waals surface area (Å²) in [6.45, 7) is 9.10. The summed E-state index contributed by atoms with van der Waals surface area (Å²) in [5.41, 5.74) is 1.34. The lowest BCUT2D eigenvalue weighted by molar-refractivity contribution is -0.144. The molecule has 0 spiro atoms. The second-order valence-electron chi connectivity index (χ2n) is 8.03. The summed E-state index contributed by atoms with van der Waals surface area (Å²) in [5, 5.41) is 0. The zero-order chi connectivity index (χ0) is 25.0. The first kappa shape index (κ1) is 26.6. The predicted octanol–water partition coefficient (Wildman–Crippen LogP) is 5.11. The molecule has 0 amide bonds. The van der Waals surface area contributed by atoms with Crippen LogP contribution >= 0.6 is 0 Å². The lowest BCUT2D eigenvalue weighted by Crippen LogP contribution is -2.25. The molecular formula is C27H32O7. The highest BCUT2D eigenvalue weighted by Crippen LogP contribution is 2.38. The highest BCUT2D eigenvalue weighted by molar-refractivity contribution is 5.70. The topological polar surface area (TPSA) is 88.1 Å². The highest BCUT2D eigenvalue weighted by Gasteiger charge is 2.30. The van der Waals surface area contributed by atoms with Crippen LogP contribution in [0.1, 0.15) is 57.6 Å². The number of hydrogen-bond acceptors (Lipinski definition) is 7. The summed E-state index contributed by atoms with van der Waals surface area (Å²) in [6.07, 6.45) is 3.60. The Morgan fingerprint density at radius 1 is 0.824 bits per heavy atom. The van der Waals surface area contributed by atoms with Crippen LogP contribution < -0.4 is 9.47 Å². The van der Waals surface area contributed by atoms with Gasteiger partial charge in [-0.25, -0.2) is 0 Å². The molecule has 7 heteroatoms. The van der Waals surface area contributed by atoms with E-state index in [0.717, 1.165) is 17.5 Å². The van der Waals surface area contributed by atoms with E-state index in [2.05, 4.69) is 6.58 Å². The number of unbranched alkanes of at least 4 members (excludes halogenated alkanes) is 1. The smallest absolute Gasteiger partial charge is 0.308 e. The molecule has 0 aliphatic carbocycles. The summed E-state index contributed by atoms with van der Waals surface area (Å²) < 4.78 is 20.7. The summed E-state index contributed by atoms with van der Waals surface area (Å²) in [7, 11) is 0. The van der Waals surface area contributed by atoms with Crippen LogP contribution in [0.4, 0.5) is 0 Å². The van der Waals surface area contributed by atoms with Gasteiger partial charge in [0.1, 0.15) is 11.5 Å². The Labute approximate surface area is 200 Å². The van der Waals surface area contributed by atoms with Gasteiger partial charge >= 0.3 is 17.9 Å². The minimum Gasteiger partial charge on any atom is -0.502 e.